The van der Waals surface area contributed by atoms with Crippen LogP contribution in [0.3, 0.4) is 0 Å². The number of amides is 1. The standard InChI is InChI=1S/C21H25BrN2O4S/c1-4-23(5-2)29(26,27)19-9-7-18(8-10-19)28-14-21(25)24-15(3)12-16-13-17(22)6-11-20(16)24/h6-11,13,15H,4-5,12,14H2,1-3H3. The summed E-state index contributed by atoms with van der Waals surface area (Å²) < 4.78 is 33.1. The first-order valence-corrected chi connectivity index (χ1v) is 11.8. The van der Waals surface area contributed by atoms with E-state index < -0.39 is 10.0 Å². The zero-order valence-corrected chi connectivity index (χ0v) is 19.2. The highest BCUT2D eigenvalue weighted by Crippen LogP contribution is 2.34. The molecule has 0 saturated heterocycles. The fourth-order valence-corrected chi connectivity index (χ4v) is 5.48. The minimum absolute atomic E-state index is 0.0667. The van der Waals surface area contributed by atoms with Crippen molar-refractivity contribution in [2.45, 2.75) is 38.1 Å². The van der Waals surface area contributed by atoms with Crippen molar-refractivity contribution in [3.63, 3.8) is 0 Å². The van der Waals surface area contributed by atoms with Crippen molar-refractivity contribution < 1.29 is 17.9 Å². The fraction of sp³-hybridized carbons (Fsp3) is 0.381. The normalized spacial score (nSPS) is 16.2. The number of carbonyl (C=O) groups excluding carboxylic acids is 1. The van der Waals surface area contributed by atoms with Gasteiger partial charge in [0, 0.05) is 29.3 Å². The average Bonchev–Trinajstić information content (AvgIpc) is 3.02. The Labute approximate surface area is 180 Å². The van der Waals surface area contributed by atoms with Crippen LogP contribution >= 0.6 is 15.9 Å². The zero-order chi connectivity index (χ0) is 21.2. The Morgan fingerprint density at radius 2 is 1.83 bits per heavy atom. The molecule has 3 rings (SSSR count). The summed E-state index contributed by atoms with van der Waals surface area (Å²) in [6.45, 7) is 6.34. The van der Waals surface area contributed by atoms with Gasteiger partial charge in [0.2, 0.25) is 10.0 Å². The van der Waals surface area contributed by atoms with Crippen LogP contribution in [0.15, 0.2) is 51.8 Å². The summed E-state index contributed by atoms with van der Waals surface area (Å²) in [6, 6.07) is 12.2. The summed E-state index contributed by atoms with van der Waals surface area (Å²) in [5, 5.41) is 0. The number of nitrogens with zero attached hydrogens (tertiary/aromatic N) is 2. The Kier molecular flexibility index (Phi) is 6.65. The molecule has 0 radical (unpaired) electrons. The van der Waals surface area contributed by atoms with Gasteiger partial charge < -0.3 is 9.64 Å². The van der Waals surface area contributed by atoms with Gasteiger partial charge >= 0.3 is 0 Å². The molecule has 0 bridgehead atoms. The molecule has 8 heteroatoms. The third kappa shape index (κ3) is 4.49. The van der Waals surface area contributed by atoms with Crippen LogP contribution in [-0.2, 0) is 21.2 Å². The predicted octanol–water partition coefficient (Wildman–Crippen LogP) is 3.84. The van der Waals surface area contributed by atoms with Crippen molar-refractivity contribution in [1.29, 1.82) is 0 Å². The Balaban J connectivity index is 1.67. The number of hydrogen-bond acceptors (Lipinski definition) is 4. The predicted molar refractivity (Wildman–Crippen MR) is 117 cm³/mol. The molecule has 0 fully saturated rings. The van der Waals surface area contributed by atoms with E-state index in [1.165, 1.54) is 16.4 Å². The average molecular weight is 481 g/mol. The van der Waals surface area contributed by atoms with Gasteiger partial charge in [0.15, 0.2) is 6.61 Å². The van der Waals surface area contributed by atoms with Crippen LogP contribution < -0.4 is 9.64 Å². The van der Waals surface area contributed by atoms with Crippen molar-refractivity contribution in [3.8, 4) is 5.75 Å². The molecule has 1 amide bonds. The number of anilines is 1. The summed E-state index contributed by atoms with van der Waals surface area (Å²) in [5.41, 5.74) is 2.04. The summed E-state index contributed by atoms with van der Waals surface area (Å²) in [4.78, 5) is 14.7. The molecule has 0 N–H and O–H groups in total. The minimum Gasteiger partial charge on any atom is -0.484 e. The number of fused-ring (bicyclic) bond motifs is 1. The molecule has 1 heterocycles. The van der Waals surface area contributed by atoms with Crippen LogP contribution in [0.1, 0.15) is 26.3 Å². The second kappa shape index (κ2) is 8.85. The highest BCUT2D eigenvalue weighted by molar-refractivity contribution is 9.10. The van der Waals surface area contributed by atoms with E-state index in [-0.39, 0.29) is 23.5 Å². The lowest BCUT2D eigenvalue weighted by Gasteiger charge is -2.23. The van der Waals surface area contributed by atoms with E-state index in [1.807, 2.05) is 25.1 Å². The lowest BCUT2D eigenvalue weighted by molar-refractivity contribution is -0.120. The molecule has 0 saturated carbocycles. The van der Waals surface area contributed by atoms with E-state index in [2.05, 4.69) is 15.9 Å². The molecule has 0 aromatic heterocycles. The minimum atomic E-state index is -3.51. The van der Waals surface area contributed by atoms with Crippen LogP contribution in [0.5, 0.6) is 5.75 Å². The lowest BCUT2D eigenvalue weighted by Crippen LogP contribution is -2.39. The van der Waals surface area contributed by atoms with Gasteiger partial charge in [0.1, 0.15) is 5.75 Å². The van der Waals surface area contributed by atoms with E-state index in [9.17, 15) is 13.2 Å². The Hall–Kier alpha value is -1.90. The monoisotopic (exact) mass is 480 g/mol. The van der Waals surface area contributed by atoms with E-state index in [0.29, 0.717) is 18.8 Å². The van der Waals surface area contributed by atoms with Gasteiger partial charge in [-0.1, -0.05) is 29.8 Å². The van der Waals surface area contributed by atoms with Gasteiger partial charge in [-0.3, -0.25) is 4.79 Å². The third-order valence-electron chi connectivity index (χ3n) is 5.06. The first kappa shape index (κ1) is 21.8. The Morgan fingerprint density at radius 1 is 1.17 bits per heavy atom. The largest absolute Gasteiger partial charge is 0.484 e. The second-order valence-corrected chi connectivity index (χ2v) is 9.79. The van der Waals surface area contributed by atoms with Crippen molar-refractivity contribution >= 4 is 37.5 Å². The summed E-state index contributed by atoms with van der Waals surface area (Å²) >= 11 is 3.47. The highest BCUT2D eigenvalue weighted by Gasteiger charge is 2.31. The topological polar surface area (TPSA) is 66.9 Å². The molecule has 1 aliphatic heterocycles. The van der Waals surface area contributed by atoms with Gasteiger partial charge in [0.05, 0.1) is 4.90 Å². The van der Waals surface area contributed by atoms with Crippen molar-refractivity contribution in [1.82, 2.24) is 4.31 Å². The van der Waals surface area contributed by atoms with E-state index in [4.69, 9.17) is 4.74 Å². The van der Waals surface area contributed by atoms with Gasteiger partial charge in [0.25, 0.3) is 5.91 Å². The van der Waals surface area contributed by atoms with Gasteiger partial charge in [-0.05, 0) is 61.4 Å². The van der Waals surface area contributed by atoms with E-state index in [1.54, 1.807) is 30.9 Å². The molecule has 0 aliphatic carbocycles. The maximum atomic E-state index is 12.8. The third-order valence-corrected chi connectivity index (χ3v) is 7.61. The van der Waals surface area contributed by atoms with E-state index in [0.717, 1.165) is 22.1 Å². The molecule has 1 unspecified atom stereocenters. The SMILES string of the molecule is CCN(CC)S(=O)(=O)c1ccc(OCC(=O)N2c3ccc(Br)cc3CC2C)cc1. The maximum absolute atomic E-state index is 12.8. The number of carbonyl (C=O) groups is 1. The number of halogens is 1. The first-order chi connectivity index (χ1) is 13.8. The molecular formula is C21H25BrN2O4S. The molecule has 2 aromatic rings. The lowest BCUT2D eigenvalue weighted by atomic mass is 10.1. The van der Waals surface area contributed by atoms with Crippen molar-refractivity contribution in [2.24, 2.45) is 0 Å². The van der Waals surface area contributed by atoms with Crippen molar-refractivity contribution in [2.75, 3.05) is 24.6 Å². The van der Waals surface area contributed by atoms with Crippen LogP contribution in [-0.4, -0.2) is 44.4 Å². The van der Waals surface area contributed by atoms with Gasteiger partial charge in [-0.2, -0.15) is 4.31 Å². The van der Waals surface area contributed by atoms with Gasteiger partial charge in [-0.15, -0.1) is 0 Å². The molecule has 1 atom stereocenters. The molecule has 2 aromatic carbocycles. The quantitative estimate of drug-likeness (QED) is 0.603. The summed E-state index contributed by atoms with van der Waals surface area (Å²) in [7, 11) is -3.51. The Morgan fingerprint density at radius 3 is 2.45 bits per heavy atom. The summed E-state index contributed by atoms with van der Waals surface area (Å²) in [6.07, 6.45) is 0.804. The number of sulfonamides is 1. The summed E-state index contributed by atoms with van der Waals surface area (Å²) in [5.74, 6) is 0.332. The second-order valence-electron chi connectivity index (χ2n) is 6.94. The van der Waals surface area contributed by atoms with Crippen LogP contribution in [0.4, 0.5) is 5.69 Å². The van der Waals surface area contributed by atoms with Crippen LogP contribution in [0.25, 0.3) is 0 Å². The molecule has 1 aliphatic rings. The van der Waals surface area contributed by atoms with Crippen LogP contribution in [0, 0.1) is 0 Å². The van der Waals surface area contributed by atoms with Gasteiger partial charge in [-0.25, -0.2) is 8.42 Å². The molecule has 156 valence electrons. The highest BCUT2D eigenvalue weighted by atomic mass is 79.9. The molecule has 6 nitrogen and oxygen atoms in total. The molecule has 0 spiro atoms. The maximum Gasteiger partial charge on any atom is 0.265 e. The molecular weight excluding hydrogens is 456 g/mol. The number of rotatable bonds is 7. The van der Waals surface area contributed by atoms with Crippen LogP contribution in [0.2, 0.25) is 0 Å². The molecule has 29 heavy (non-hydrogen) atoms. The smallest absolute Gasteiger partial charge is 0.265 e. The number of ether oxygens (including phenoxy) is 1. The zero-order valence-electron chi connectivity index (χ0n) is 16.8. The number of hydrogen-bond donors (Lipinski definition) is 0. The van der Waals surface area contributed by atoms with E-state index >= 15 is 0 Å². The number of benzene rings is 2. The first-order valence-electron chi connectivity index (χ1n) is 9.61. The fourth-order valence-electron chi connectivity index (χ4n) is 3.61. The van der Waals surface area contributed by atoms with Crippen molar-refractivity contribution in [3.05, 3.63) is 52.5 Å². The Bertz CT molecular complexity index is 988.